The van der Waals surface area contributed by atoms with E-state index < -0.39 is 0 Å². The smallest absolute Gasteiger partial charge is 0.175 e. The average molecular weight is 354 g/mol. The van der Waals surface area contributed by atoms with Crippen molar-refractivity contribution >= 4 is 15.9 Å². The predicted molar refractivity (Wildman–Crippen MR) is 90.1 cm³/mol. The van der Waals surface area contributed by atoms with Crippen LogP contribution in [0.25, 0.3) is 0 Å². The van der Waals surface area contributed by atoms with Crippen LogP contribution in [0, 0.1) is 5.92 Å². The van der Waals surface area contributed by atoms with E-state index >= 15 is 0 Å². The van der Waals surface area contributed by atoms with Gasteiger partial charge in [0.25, 0.3) is 0 Å². The highest BCUT2D eigenvalue weighted by molar-refractivity contribution is 9.10. The fourth-order valence-corrected chi connectivity index (χ4v) is 3.23. The number of hydrogen-bond donors (Lipinski definition) is 1. The summed E-state index contributed by atoms with van der Waals surface area (Å²) in [4.78, 5) is 0. The molecule has 1 aliphatic carbocycles. The van der Waals surface area contributed by atoms with Gasteiger partial charge in [0.2, 0.25) is 0 Å². The zero-order chi connectivity index (χ0) is 15.1. The van der Waals surface area contributed by atoms with Crippen LogP contribution < -0.4 is 14.8 Å². The summed E-state index contributed by atoms with van der Waals surface area (Å²) in [7, 11) is 1.68. The third-order valence-electron chi connectivity index (χ3n) is 3.72. The van der Waals surface area contributed by atoms with Crippen LogP contribution in [0.3, 0.4) is 0 Å². The van der Waals surface area contributed by atoms with Gasteiger partial charge in [0.1, 0.15) is 0 Å². The lowest BCUT2D eigenvalue weighted by Gasteiger charge is -2.18. The van der Waals surface area contributed by atoms with Crippen LogP contribution in [0.2, 0.25) is 0 Å². The second kappa shape index (κ2) is 8.44. The van der Waals surface area contributed by atoms with Gasteiger partial charge >= 0.3 is 0 Å². The quantitative estimate of drug-likeness (QED) is 0.741. The number of rotatable bonds is 7. The summed E-state index contributed by atoms with van der Waals surface area (Å²) in [6, 6.07) is 4.14. The molecule has 116 valence electrons. The van der Waals surface area contributed by atoms with Crippen molar-refractivity contribution in [2.24, 2.45) is 5.92 Å². The summed E-state index contributed by atoms with van der Waals surface area (Å²) in [5, 5.41) is 3.55. The molecule has 0 bridgehead atoms. The van der Waals surface area contributed by atoms with Crippen molar-refractivity contribution in [2.45, 2.75) is 32.7 Å². The van der Waals surface area contributed by atoms with Crippen molar-refractivity contribution in [1.29, 1.82) is 0 Å². The SMILES string of the molecule is CCOc1c(Br)cc(CNCC2CC=CCC2)cc1OC. The van der Waals surface area contributed by atoms with E-state index in [1.54, 1.807) is 7.11 Å². The molecule has 3 nitrogen and oxygen atoms in total. The van der Waals surface area contributed by atoms with Gasteiger partial charge in [-0.25, -0.2) is 0 Å². The largest absolute Gasteiger partial charge is 0.493 e. The molecule has 0 radical (unpaired) electrons. The van der Waals surface area contributed by atoms with E-state index in [0.717, 1.165) is 35.0 Å². The highest BCUT2D eigenvalue weighted by atomic mass is 79.9. The molecule has 2 rings (SSSR count). The molecule has 0 heterocycles. The van der Waals surface area contributed by atoms with Gasteiger partial charge in [-0.1, -0.05) is 12.2 Å². The normalized spacial score (nSPS) is 17.8. The average Bonchev–Trinajstić information content (AvgIpc) is 2.51. The first kappa shape index (κ1) is 16.4. The second-order valence-electron chi connectivity index (χ2n) is 5.32. The first-order chi connectivity index (χ1) is 10.2. The van der Waals surface area contributed by atoms with Crippen molar-refractivity contribution in [2.75, 3.05) is 20.3 Å². The first-order valence-electron chi connectivity index (χ1n) is 7.59. The molecule has 1 aromatic carbocycles. The third kappa shape index (κ3) is 4.75. The van der Waals surface area contributed by atoms with Crippen LogP contribution in [0.15, 0.2) is 28.8 Å². The Bertz CT molecular complexity index is 488. The van der Waals surface area contributed by atoms with Crippen LogP contribution >= 0.6 is 15.9 Å². The lowest BCUT2D eigenvalue weighted by atomic mass is 9.94. The Hall–Kier alpha value is -1.00. The molecule has 0 saturated heterocycles. The summed E-state index contributed by atoms with van der Waals surface area (Å²) < 4.78 is 12.0. The Kier molecular flexibility index (Phi) is 6.58. The molecule has 0 spiro atoms. The van der Waals surface area contributed by atoms with Crippen molar-refractivity contribution in [3.63, 3.8) is 0 Å². The zero-order valence-corrected chi connectivity index (χ0v) is 14.4. The Morgan fingerprint density at radius 3 is 2.86 bits per heavy atom. The second-order valence-corrected chi connectivity index (χ2v) is 6.18. The molecule has 1 unspecified atom stereocenters. The van der Waals surface area contributed by atoms with Gasteiger partial charge < -0.3 is 14.8 Å². The molecule has 0 fully saturated rings. The number of nitrogens with one attached hydrogen (secondary N) is 1. The molecule has 0 aliphatic heterocycles. The number of halogens is 1. The molecule has 1 aliphatic rings. The third-order valence-corrected chi connectivity index (χ3v) is 4.31. The highest BCUT2D eigenvalue weighted by Crippen LogP contribution is 2.36. The van der Waals surface area contributed by atoms with Crippen molar-refractivity contribution in [3.05, 3.63) is 34.3 Å². The number of ether oxygens (including phenoxy) is 2. The van der Waals surface area contributed by atoms with Crippen LogP contribution in [-0.2, 0) is 6.54 Å². The Morgan fingerprint density at radius 1 is 1.33 bits per heavy atom. The van der Waals surface area contributed by atoms with E-state index in [2.05, 4.69) is 39.5 Å². The molecular formula is C17H24BrNO2. The molecule has 0 aromatic heterocycles. The zero-order valence-electron chi connectivity index (χ0n) is 12.8. The van der Waals surface area contributed by atoms with Gasteiger partial charge in [0.05, 0.1) is 18.2 Å². The fraction of sp³-hybridized carbons (Fsp3) is 0.529. The summed E-state index contributed by atoms with van der Waals surface area (Å²) in [5.74, 6) is 2.33. The summed E-state index contributed by atoms with van der Waals surface area (Å²) in [6.45, 7) is 4.51. The maximum absolute atomic E-state index is 5.61. The van der Waals surface area contributed by atoms with Gasteiger partial charge in [0, 0.05) is 6.54 Å². The lowest BCUT2D eigenvalue weighted by Crippen LogP contribution is -2.23. The highest BCUT2D eigenvalue weighted by Gasteiger charge is 2.12. The standard InChI is InChI=1S/C17H24BrNO2/c1-3-21-17-15(18)9-14(10-16(17)20-2)12-19-11-13-7-5-4-6-8-13/h4-5,9-10,13,19H,3,6-8,11-12H2,1-2H3. The van der Waals surface area contributed by atoms with Gasteiger partial charge in [-0.15, -0.1) is 0 Å². The van der Waals surface area contributed by atoms with Crippen LogP contribution in [0.5, 0.6) is 11.5 Å². The number of allylic oxidation sites excluding steroid dienone is 2. The van der Waals surface area contributed by atoms with E-state index in [9.17, 15) is 0 Å². The molecule has 0 saturated carbocycles. The van der Waals surface area contributed by atoms with Gasteiger partial charge in [-0.3, -0.25) is 0 Å². The summed E-state index contributed by atoms with van der Waals surface area (Å²) in [6.07, 6.45) is 8.29. The topological polar surface area (TPSA) is 30.5 Å². The lowest BCUT2D eigenvalue weighted by molar-refractivity contribution is 0.308. The maximum atomic E-state index is 5.61. The predicted octanol–water partition coefficient (Wildman–Crippen LogP) is 4.30. The molecular weight excluding hydrogens is 330 g/mol. The van der Waals surface area contributed by atoms with E-state index in [1.807, 2.05) is 13.0 Å². The van der Waals surface area contributed by atoms with Crippen molar-refractivity contribution < 1.29 is 9.47 Å². The number of benzene rings is 1. The minimum atomic E-state index is 0.627. The van der Waals surface area contributed by atoms with Gasteiger partial charge in [-0.2, -0.15) is 0 Å². The molecule has 4 heteroatoms. The number of methoxy groups -OCH3 is 1. The molecule has 1 atom stereocenters. The first-order valence-corrected chi connectivity index (χ1v) is 8.38. The van der Waals surface area contributed by atoms with Crippen molar-refractivity contribution in [3.8, 4) is 11.5 Å². The molecule has 0 amide bonds. The molecule has 1 aromatic rings. The Labute approximate surface area is 135 Å². The van der Waals surface area contributed by atoms with Gasteiger partial charge in [-0.05, 0) is 72.3 Å². The summed E-state index contributed by atoms with van der Waals surface area (Å²) in [5.41, 5.74) is 1.20. The van der Waals surface area contributed by atoms with Crippen LogP contribution in [-0.4, -0.2) is 20.3 Å². The van der Waals surface area contributed by atoms with Crippen molar-refractivity contribution in [1.82, 2.24) is 5.32 Å². The Morgan fingerprint density at radius 2 is 2.19 bits per heavy atom. The molecule has 1 N–H and O–H groups in total. The van der Waals surface area contributed by atoms with E-state index in [-0.39, 0.29) is 0 Å². The minimum absolute atomic E-state index is 0.627. The minimum Gasteiger partial charge on any atom is -0.493 e. The van der Waals surface area contributed by atoms with E-state index in [0.29, 0.717) is 6.61 Å². The summed E-state index contributed by atoms with van der Waals surface area (Å²) >= 11 is 3.57. The molecule has 21 heavy (non-hydrogen) atoms. The van der Waals surface area contributed by atoms with Gasteiger partial charge in [0.15, 0.2) is 11.5 Å². The van der Waals surface area contributed by atoms with E-state index in [1.165, 1.54) is 24.8 Å². The fourth-order valence-electron chi connectivity index (χ4n) is 2.62. The Balaban J connectivity index is 1.93. The van der Waals surface area contributed by atoms with Crippen LogP contribution in [0.1, 0.15) is 31.7 Å². The van der Waals surface area contributed by atoms with E-state index in [4.69, 9.17) is 9.47 Å². The number of hydrogen-bond acceptors (Lipinski definition) is 3. The van der Waals surface area contributed by atoms with Crippen LogP contribution in [0.4, 0.5) is 0 Å². The maximum Gasteiger partial charge on any atom is 0.175 e. The monoisotopic (exact) mass is 353 g/mol.